The van der Waals surface area contributed by atoms with E-state index < -0.39 is 24.1 Å². The van der Waals surface area contributed by atoms with Crippen molar-refractivity contribution >= 4 is 12.0 Å². The van der Waals surface area contributed by atoms with Crippen LogP contribution in [0.3, 0.4) is 0 Å². The third kappa shape index (κ3) is 2.90. The van der Waals surface area contributed by atoms with E-state index in [4.69, 9.17) is 9.47 Å². The van der Waals surface area contributed by atoms with Crippen LogP contribution < -0.4 is 4.74 Å². The summed E-state index contributed by atoms with van der Waals surface area (Å²) in [5.74, 6) is 0.0325. The van der Waals surface area contributed by atoms with Crippen LogP contribution in [0.15, 0.2) is 48.5 Å². The van der Waals surface area contributed by atoms with Crippen molar-refractivity contribution in [2.24, 2.45) is 0 Å². The molecule has 0 aliphatic carbocycles. The normalized spacial score (nSPS) is 20.4. The molecule has 0 radical (unpaired) electrons. The lowest BCUT2D eigenvalue weighted by Gasteiger charge is -2.32. The lowest BCUT2D eigenvalue weighted by Crippen LogP contribution is -2.39. The molecule has 7 nitrogen and oxygen atoms in total. The van der Waals surface area contributed by atoms with Gasteiger partial charge in [0.15, 0.2) is 6.04 Å². The number of urea groups is 1. The molecule has 2 unspecified atom stereocenters. The number of amides is 2. The molecule has 1 saturated heterocycles. The Morgan fingerprint density at radius 2 is 1.96 bits per heavy atom. The number of benzene rings is 2. The van der Waals surface area contributed by atoms with Gasteiger partial charge in [-0.05, 0) is 24.1 Å². The van der Waals surface area contributed by atoms with Crippen LogP contribution in [0.2, 0.25) is 0 Å². The molecule has 2 bridgehead atoms. The second-order valence-electron chi connectivity index (χ2n) is 6.48. The summed E-state index contributed by atoms with van der Waals surface area (Å²) < 4.78 is 11.2. The van der Waals surface area contributed by atoms with Crippen LogP contribution in [0.5, 0.6) is 5.75 Å². The highest BCUT2D eigenvalue weighted by atomic mass is 16.5. The fourth-order valence-corrected chi connectivity index (χ4v) is 3.70. The smallest absolute Gasteiger partial charge is 0.345 e. The van der Waals surface area contributed by atoms with Crippen molar-refractivity contribution in [3.8, 4) is 5.75 Å². The first-order chi connectivity index (χ1) is 13.1. The maximum absolute atomic E-state index is 12.5. The highest BCUT2D eigenvalue weighted by molar-refractivity contribution is 5.88. The van der Waals surface area contributed by atoms with Gasteiger partial charge in [0.1, 0.15) is 18.4 Å². The molecule has 2 aliphatic heterocycles. The molecule has 1 N–H and O–H groups in total. The number of carbonyl (C=O) groups excluding carboxylic acids is 2. The van der Waals surface area contributed by atoms with Gasteiger partial charge < -0.3 is 14.4 Å². The zero-order valence-electron chi connectivity index (χ0n) is 14.9. The minimum Gasteiger partial charge on any atom is -0.489 e. The summed E-state index contributed by atoms with van der Waals surface area (Å²) in [5, 5.41) is 11.0. The SMILES string of the molecule is CCOC(=O)C1c2cccc(OCc3ccccc3)c2C2CN1C(=O)N2O. The van der Waals surface area contributed by atoms with E-state index in [1.807, 2.05) is 30.3 Å². The van der Waals surface area contributed by atoms with Crippen molar-refractivity contribution < 1.29 is 24.3 Å². The second kappa shape index (κ2) is 6.92. The predicted molar refractivity (Wildman–Crippen MR) is 95.1 cm³/mol. The van der Waals surface area contributed by atoms with Crippen molar-refractivity contribution in [1.82, 2.24) is 9.96 Å². The molecule has 2 heterocycles. The van der Waals surface area contributed by atoms with E-state index in [1.54, 1.807) is 25.1 Å². The highest BCUT2D eigenvalue weighted by Crippen LogP contribution is 2.47. The fourth-order valence-electron chi connectivity index (χ4n) is 3.70. The molecular weight excluding hydrogens is 348 g/mol. The molecule has 27 heavy (non-hydrogen) atoms. The van der Waals surface area contributed by atoms with Crippen LogP contribution in [-0.2, 0) is 16.1 Å². The van der Waals surface area contributed by atoms with Crippen molar-refractivity contribution in [3.05, 3.63) is 65.2 Å². The molecule has 2 aliphatic rings. The standard InChI is InChI=1S/C20H20N2O5/c1-2-26-19(23)18-14-9-6-10-16(27-12-13-7-4-3-5-8-13)17(14)15-11-21(18)20(24)22(15)25/h3-10,15,18,25H,2,11-12H2,1H3. The molecule has 2 amide bonds. The summed E-state index contributed by atoms with van der Waals surface area (Å²) in [6.45, 7) is 2.48. The van der Waals surface area contributed by atoms with Crippen molar-refractivity contribution in [3.63, 3.8) is 0 Å². The number of nitrogens with zero attached hydrogens (tertiary/aromatic N) is 2. The molecule has 0 spiro atoms. The van der Waals surface area contributed by atoms with Gasteiger partial charge in [-0.1, -0.05) is 42.5 Å². The lowest BCUT2D eigenvalue weighted by atomic mass is 9.90. The van der Waals surface area contributed by atoms with E-state index in [0.29, 0.717) is 28.5 Å². The van der Waals surface area contributed by atoms with Gasteiger partial charge in [-0.15, -0.1) is 0 Å². The van der Waals surface area contributed by atoms with Crippen molar-refractivity contribution in [1.29, 1.82) is 0 Å². The first kappa shape index (κ1) is 17.4. The summed E-state index contributed by atoms with van der Waals surface area (Å²) in [5.41, 5.74) is 2.27. The van der Waals surface area contributed by atoms with E-state index >= 15 is 0 Å². The van der Waals surface area contributed by atoms with Crippen molar-refractivity contribution in [2.45, 2.75) is 25.6 Å². The maximum atomic E-state index is 12.5. The number of hydrogen-bond donors (Lipinski definition) is 1. The van der Waals surface area contributed by atoms with Gasteiger partial charge in [-0.25, -0.2) is 9.59 Å². The number of esters is 1. The van der Waals surface area contributed by atoms with Gasteiger partial charge in [0.2, 0.25) is 0 Å². The average Bonchev–Trinajstić information content (AvgIpc) is 2.93. The second-order valence-corrected chi connectivity index (χ2v) is 6.48. The zero-order chi connectivity index (χ0) is 19.0. The van der Waals surface area contributed by atoms with Gasteiger partial charge in [-0.2, -0.15) is 5.06 Å². The molecule has 0 saturated carbocycles. The van der Waals surface area contributed by atoms with E-state index in [0.717, 1.165) is 5.56 Å². The molecule has 2 atom stereocenters. The van der Waals surface area contributed by atoms with Crippen molar-refractivity contribution in [2.75, 3.05) is 13.2 Å². The first-order valence-corrected chi connectivity index (χ1v) is 8.86. The minimum atomic E-state index is -0.888. The maximum Gasteiger partial charge on any atom is 0.345 e. The Balaban J connectivity index is 1.72. The van der Waals surface area contributed by atoms with E-state index in [9.17, 15) is 14.8 Å². The summed E-state index contributed by atoms with van der Waals surface area (Å²) >= 11 is 0. The number of hydroxylamine groups is 2. The molecule has 140 valence electrons. The molecule has 2 aromatic carbocycles. The van der Waals surface area contributed by atoms with Crippen LogP contribution in [-0.4, -0.2) is 40.3 Å². The average molecular weight is 368 g/mol. The Hall–Kier alpha value is -3.06. The van der Waals surface area contributed by atoms with Crippen LogP contribution in [0.1, 0.15) is 35.7 Å². The minimum absolute atomic E-state index is 0.206. The predicted octanol–water partition coefficient (Wildman–Crippen LogP) is 3.05. The summed E-state index contributed by atoms with van der Waals surface area (Å²) in [6.07, 6.45) is 0. The monoisotopic (exact) mass is 368 g/mol. The topological polar surface area (TPSA) is 79.3 Å². The largest absolute Gasteiger partial charge is 0.489 e. The van der Waals surface area contributed by atoms with Crippen LogP contribution in [0.25, 0.3) is 0 Å². The number of fused-ring (bicyclic) bond motifs is 4. The quantitative estimate of drug-likeness (QED) is 0.648. The summed E-state index contributed by atoms with van der Waals surface area (Å²) in [7, 11) is 0. The van der Waals surface area contributed by atoms with E-state index in [-0.39, 0.29) is 13.2 Å². The molecule has 4 rings (SSSR count). The third-order valence-electron chi connectivity index (χ3n) is 4.89. The van der Waals surface area contributed by atoms with Gasteiger partial charge >= 0.3 is 12.0 Å². The Labute approximate surface area is 156 Å². The van der Waals surface area contributed by atoms with Crippen LogP contribution >= 0.6 is 0 Å². The number of carbonyl (C=O) groups is 2. The number of rotatable bonds is 5. The summed E-state index contributed by atoms with van der Waals surface area (Å²) in [4.78, 5) is 26.3. The lowest BCUT2D eigenvalue weighted by molar-refractivity contribution is -0.148. The van der Waals surface area contributed by atoms with Gasteiger partial charge in [-0.3, -0.25) is 5.21 Å². The van der Waals surface area contributed by atoms with Gasteiger partial charge in [0.05, 0.1) is 13.2 Å². The van der Waals surface area contributed by atoms with Crippen LogP contribution in [0, 0.1) is 0 Å². The Morgan fingerprint density at radius 1 is 1.19 bits per heavy atom. The van der Waals surface area contributed by atoms with E-state index in [1.165, 1.54) is 4.90 Å². The number of hydrogen-bond acceptors (Lipinski definition) is 5. The highest BCUT2D eigenvalue weighted by Gasteiger charge is 2.51. The molecule has 7 heteroatoms. The van der Waals surface area contributed by atoms with Crippen LogP contribution in [0.4, 0.5) is 4.79 Å². The fraction of sp³-hybridized carbons (Fsp3) is 0.300. The van der Waals surface area contributed by atoms with Gasteiger partial charge in [0.25, 0.3) is 0 Å². The third-order valence-corrected chi connectivity index (χ3v) is 4.89. The van der Waals surface area contributed by atoms with Gasteiger partial charge in [0, 0.05) is 5.56 Å². The first-order valence-electron chi connectivity index (χ1n) is 8.86. The molecule has 1 fully saturated rings. The Bertz CT molecular complexity index is 870. The molecular formula is C20H20N2O5. The summed E-state index contributed by atoms with van der Waals surface area (Å²) in [6, 6.07) is 13.0. The molecule has 2 aromatic rings. The zero-order valence-corrected chi connectivity index (χ0v) is 14.9. The Kier molecular flexibility index (Phi) is 4.45. The number of ether oxygens (including phenoxy) is 2. The van der Waals surface area contributed by atoms with E-state index in [2.05, 4.69) is 0 Å². The Morgan fingerprint density at radius 3 is 2.70 bits per heavy atom. The molecule has 0 aromatic heterocycles.